The van der Waals surface area contributed by atoms with E-state index in [1.54, 1.807) is 6.92 Å². The minimum atomic E-state index is -3.93. The molecule has 2 amide bonds. The van der Waals surface area contributed by atoms with E-state index in [4.69, 9.17) is 0 Å². The van der Waals surface area contributed by atoms with E-state index in [0.29, 0.717) is 12.1 Å². The fraction of sp³-hybridized carbons (Fsp3) is 0.333. The number of carbonyl (C=O) groups excluding carboxylic acids is 2. The average Bonchev–Trinajstić information content (AvgIpc) is 2.70. The van der Waals surface area contributed by atoms with Crippen LogP contribution in [0, 0.1) is 11.6 Å². The zero-order valence-electron chi connectivity index (χ0n) is 17.5. The molecule has 0 heterocycles. The summed E-state index contributed by atoms with van der Waals surface area (Å²) in [6, 6.07) is 9.34. The van der Waals surface area contributed by atoms with Crippen LogP contribution in [0.15, 0.2) is 48.5 Å². The highest BCUT2D eigenvalue weighted by Gasteiger charge is 2.30. The van der Waals surface area contributed by atoms with Crippen molar-refractivity contribution in [3.05, 3.63) is 65.7 Å². The van der Waals surface area contributed by atoms with E-state index in [1.807, 2.05) is 0 Å². The van der Waals surface area contributed by atoms with Crippen LogP contribution in [0.25, 0.3) is 0 Å². The summed E-state index contributed by atoms with van der Waals surface area (Å²) in [5.41, 5.74) is 0.547. The Labute approximate surface area is 180 Å². The molecule has 0 fully saturated rings. The Kier molecular flexibility index (Phi) is 8.09. The Morgan fingerprint density at radius 1 is 1.06 bits per heavy atom. The van der Waals surface area contributed by atoms with E-state index in [-0.39, 0.29) is 12.2 Å². The van der Waals surface area contributed by atoms with Gasteiger partial charge in [0.25, 0.3) is 0 Å². The van der Waals surface area contributed by atoms with Crippen molar-refractivity contribution in [3.63, 3.8) is 0 Å². The van der Waals surface area contributed by atoms with E-state index >= 15 is 0 Å². The fourth-order valence-electron chi connectivity index (χ4n) is 2.94. The molecule has 0 aliphatic carbocycles. The number of anilines is 1. The topological polar surface area (TPSA) is 86.8 Å². The molecule has 2 rings (SSSR count). The van der Waals surface area contributed by atoms with Gasteiger partial charge in [0.15, 0.2) is 0 Å². The zero-order valence-corrected chi connectivity index (χ0v) is 18.3. The van der Waals surface area contributed by atoms with Gasteiger partial charge in [-0.3, -0.25) is 13.9 Å². The molecule has 2 aromatic carbocycles. The number of nitrogens with one attached hydrogen (secondary N) is 1. The third-order valence-corrected chi connectivity index (χ3v) is 5.70. The molecular formula is C21H25F2N3O4S. The third kappa shape index (κ3) is 6.74. The Balaban J connectivity index is 2.37. The SMILES string of the molecule is CCNC(=O)[C@@H](C)N(Cc1ccc(F)cc1)C(=O)CN(c1cccc(F)c1)S(C)(=O)=O. The van der Waals surface area contributed by atoms with E-state index in [2.05, 4.69) is 5.32 Å². The minimum absolute atomic E-state index is 0.0109. The smallest absolute Gasteiger partial charge is 0.244 e. The molecule has 0 saturated heterocycles. The number of hydrogen-bond donors (Lipinski definition) is 1. The van der Waals surface area contributed by atoms with Gasteiger partial charge < -0.3 is 10.2 Å². The molecule has 0 unspecified atom stereocenters. The summed E-state index contributed by atoms with van der Waals surface area (Å²) in [7, 11) is -3.93. The highest BCUT2D eigenvalue weighted by molar-refractivity contribution is 7.92. The second-order valence-electron chi connectivity index (χ2n) is 6.97. The Morgan fingerprint density at radius 3 is 2.26 bits per heavy atom. The van der Waals surface area contributed by atoms with Crippen molar-refractivity contribution in [2.75, 3.05) is 23.7 Å². The van der Waals surface area contributed by atoms with Gasteiger partial charge in [0.05, 0.1) is 11.9 Å². The van der Waals surface area contributed by atoms with Crippen LogP contribution in [0.2, 0.25) is 0 Å². The number of hydrogen-bond acceptors (Lipinski definition) is 4. The monoisotopic (exact) mass is 453 g/mol. The van der Waals surface area contributed by atoms with Crippen LogP contribution < -0.4 is 9.62 Å². The van der Waals surface area contributed by atoms with Gasteiger partial charge >= 0.3 is 0 Å². The first-order valence-corrected chi connectivity index (χ1v) is 11.4. The van der Waals surface area contributed by atoms with Gasteiger partial charge in [-0.2, -0.15) is 0 Å². The molecule has 2 aromatic rings. The molecule has 0 aliphatic rings. The van der Waals surface area contributed by atoms with Crippen molar-refractivity contribution >= 4 is 27.5 Å². The van der Waals surface area contributed by atoms with Crippen molar-refractivity contribution in [3.8, 4) is 0 Å². The first-order valence-electron chi connectivity index (χ1n) is 9.57. The lowest BCUT2D eigenvalue weighted by Crippen LogP contribution is -2.51. The van der Waals surface area contributed by atoms with Gasteiger partial charge in [-0.25, -0.2) is 17.2 Å². The van der Waals surface area contributed by atoms with Crippen LogP contribution in [0.4, 0.5) is 14.5 Å². The molecule has 7 nitrogen and oxygen atoms in total. The predicted molar refractivity (Wildman–Crippen MR) is 114 cm³/mol. The normalized spacial score (nSPS) is 12.2. The minimum Gasteiger partial charge on any atom is -0.355 e. The van der Waals surface area contributed by atoms with E-state index in [0.717, 1.165) is 22.7 Å². The summed E-state index contributed by atoms with van der Waals surface area (Å²) < 4.78 is 52.3. The Bertz CT molecular complexity index is 1030. The van der Waals surface area contributed by atoms with Gasteiger partial charge in [-0.05, 0) is 49.7 Å². The lowest BCUT2D eigenvalue weighted by Gasteiger charge is -2.31. The van der Waals surface area contributed by atoms with Gasteiger partial charge in [-0.1, -0.05) is 18.2 Å². The summed E-state index contributed by atoms with van der Waals surface area (Å²) in [6.45, 7) is 2.91. The summed E-state index contributed by atoms with van der Waals surface area (Å²) >= 11 is 0. The number of benzene rings is 2. The number of carbonyl (C=O) groups is 2. The molecule has 10 heteroatoms. The van der Waals surface area contributed by atoms with Crippen LogP contribution in [-0.4, -0.2) is 50.5 Å². The molecule has 31 heavy (non-hydrogen) atoms. The highest BCUT2D eigenvalue weighted by atomic mass is 32.2. The van der Waals surface area contributed by atoms with Gasteiger partial charge in [-0.15, -0.1) is 0 Å². The average molecular weight is 454 g/mol. The van der Waals surface area contributed by atoms with Crippen LogP contribution in [0.1, 0.15) is 19.4 Å². The number of sulfonamides is 1. The molecule has 1 N–H and O–H groups in total. The number of nitrogens with zero attached hydrogens (tertiary/aromatic N) is 2. The largest absolute Gasteiger partial charge is 0.355 e. The number of amides is 2. The Morgan fingerprint density at radius 2 is 1.71 bits per heavy atom. The van der Waals surface area contributed by atoms with E-state index in [9.17, 15) is 26.8 Å². The van der Waals surface area contributed by atoms with Crippen molar-refractivity contribution in [1.82, 2.24) is 10.2 Å². The maximum atomic E-state index is 13.7. The van der Waals surface area contributed by atoms with Crippen molar-refractivity contribution < 1.29 is 26.8 Å². The first-order chi connectivity index (χ1) is 14.5. The Hall–Kier alpha value is -3.01. The standard InChI is InChI=1S/C21H25F2N3O4S/c1-4-24-21(28)15(2)25(13-16-8-10-17(22)11-9-16)20(27)14-26(31(3,29)30)19-7-5-6-18(23)12-19/h5-12,15H,4,13-14H2,1-3H3,(H,24,28)/t15-/m1/s1. The van der Waals surface area contributed by atoms with Gasteiger partial charge in [0.1, 0.15) is 24.2 Å². The third-order valence-electron chi connectivity index (χ3n) is 4.56. The predicted octanol–water partition coefficient (Wildman–Crippen LogP) is 2.28. The second-order valence-corrected chi connectivity index (χ2v) is 8.87. The van der Waals surface area contributed by atoms with Crippen LogP contribution in [0.5, 0.6) is 0 Å². The van der Waals surface area contributed by atoms with Gasteiger partial charge in [0.2, 0.25) is 21.8 Å². The number of likely N-dealkylation sites (N-methyl/N-ethyl adjacent to an activating group) is 1. The van der Waals surface area contributed by atoms with Crippen molar-refractivity contribution in [2.24, 2.45) is 0 Å². The molecule has 0 bridgehead atoms. The van der Waals surface area contributed by atoms with E-state index < -0.39 is 46.1 Å². The maximum absolute atomic E-state index is 13.7. The summed E-state index contributed by atoms with van der Waals surface area (Å²) in [5, 5.41) is 2.62. The fourth-order valence-corrected chi connectivity index (χ4v) is 3.78. The summed E-state index contributed by atoms with van der Waals surface area (Å²) in [6.07, 6.45) is 0.905. The maximum Gasteiger partial charge on any atom is 0.244 e. The molecule has 168 valence electrons. The lowest BCUT2D eigenvalue weighted by atomic mass is 10.1. The van der Waals surface area contributed by atoms with Crippen molar-refractivity contribution in [1.29, 1.82) is 0 Å². The lowest BCUT2D eigenvalue weighted by molar-refractivity contribution is -0.139. The molecule has 0 aromatic heterocycles. The molecule has 0 radical (unpaired) electrons. The van der Waals surface area contributed by atoms with E-state index in [1.165, 1.54) is 48.2 Å². The first kappa shape index (κ1) is 24.3. The highest BCUT2D eigenvalue weighted by Crippen LogP contribution is 2.20. The summed E-state index contributed by atoms with van der Waals surface area (Å²) in [5.74, 6) is -2.20. The zero-order chi connectivity index (χ0) is 23.2. The molecule has 0 spiro atoms. The summed E-state index contributed by atoms with van der Waals surface area (Å²) in [4.78, 5) is 26.7. The van der Waals surface area contributed by atoms with Gasteiger partial charge in [0, 0.05) is 13.1 Å². The quantitative estimate of drug-likeness (QED) is 0.631. The van der Waals surface area contributed by atoms with Crippen LogP contribution >= 0.6 is 0 Å². The van der Waals surface area contributed by atoms with Crippen molar-refractivity contribution in [2.45, 2.75) is 26.4 Å². The van der Waals surface area contributed by atoms with Crippen LogP contribution in [-0.2, 0) is 26.2 Å². The molecule has 0 saturated carbocycles. The second kappa shape index (κ2) is 10.3. The number of rotatable bonds is 9. The molecular weight excluding hydrogens is 428 g/mol. The molecule has 0 aliphatic heterocycles. The van der Waals surface area contributed by atoms with Crippen LogP contribution in [0.3, 0.4) is 0 Å². The number of halogens is 2. The molecule has 1 atom stereocenters.